The zero-order valence-electron chi connectivity index (χ0n) is 39.7. The molecule has 4 heterocycles. The summed E-state index contributed by atoms with van der Waals surface area (Å²) in [4.78, 5) is 82.0. The van der Waals surface area contributed by atoms with Crippen LogP contribution in [0.25, 0.3) is 10.2 Å². The minimum atomic E-state index is -2.19. The summed E-state index contributed by atoms with van der Waals surface area (Å²) in [7, 11) is 0. The first kappa shape index (κ1) is 47.8. The summed E-state index contributed by atoms with van der Waals surface area (Å²) in [6, 6.07) is 39.9. The van der Waals surface area contributed by atoms with Crippen LogP contribution in [0.3, 0.4) is 0 Å². The molecule has 0 radical (unpaired) electrons. The number of amides is 3. The first-order valence-corrected chi connectivity index (χ1v) is 25.1. The second kappa shape index (κ2) is 20.2. The highest BCUT2D eigenvalue weighted by Crippen LogP contribution is 2.67. The smallest absolute Gasteiger partial charge is 0.421 e. The van der Waals surface area contributed by atoms with Crippen LogP contribution in [-0.4, -0.2) is 63.0 Å². The topological polar surface area (TPSA) is 191 Å². The molecule has 0 unspecified atom stereocenters. The number of aromatic nitrogens is 1. The van der Waals surface area contributed by atoms with Crippen molar-refractivity contribution in [3.8, 4) is 17.6 Å². The Bertz CT molecular complexity index is 3390. The molecule has 6 atom stereocenters. The Balaban J connectivity index is 1.18. The molecule has 0 bridgehead atoms. The third kappa shape index (κ3) is 8.54. The summed E-state index contributed by atoms with van der Waals surface area (Å²) in [6.45, 7) is -0.868. The number of morpholine rings is 1. The van der Waals surface area contributed by atoms with Gasteiger partial charge >= 0.3 is 12.1 Å². The van der Waals surface area contributed by atoms with Gasteiger partial charge in [-0.3, -0.25) is 29.4 Å². The molecule has 74 heavy (non-hydrogen) atoms. The van der Waals surface area contributed by atoms with Crippen LogP contribution < -0.4 is 15.0 Å². The maximum Gasteiger partial charge on any atom is 0.421 e. The number of hydrogen-bond acceptors (Lipinski definition) is 13. The van der Waals surface area contributed by atoms with Gasteiger partial charge in [-0.1, -0.05) is 120 Å². The van der Waals surface area contributed by atoms with E-state index in [9.17, 15) is 15.2 Å². The van der Waals surface area contributed by atoms with Crippen molar-refractivity contribution >= 4 is 61.9 Å². The predicted octanol–water partition coefficient (Wildman–Crippen LogP) is 10.1. The summed E-state index contributed by atoms with van der Waals surface area (Å²) in [5.41, 5.74) is 2.17. The van der Waals surface area contributed by atoms with E-state index in [1.807, 2.05) is 89.8 Å². The van der Waals surface area contributed by atoms with E-state index in [-0.39, 0.29) is 47.6 Å². The normalized spacial score (nSPS) is 22.0. The van der Waals surface area contributed by atoms with E-state index in [1.165, 1.54) is 35.6 Å². The first-order valence-electron chi connectivity index (χ1n) is 24.3. The van der Waals surface area contributed by atoms with Crippen LogP contribution in [0.4, 0.5) is 21.3 Å². The van der Waals surface area contributed by atoms with Crippen LogP contribution in [0, 0.1) is 27.9 Å². The monoisotopic (exact) mass is 1010 g/mol. The zero-order chi connectivity index (χ0) is 50.9. The zero-order valence-corrected chi connectivity index (χ0v) is 40.5. The molecular formula is C58H47N5O10S. The molecule has 16 heteroatoms. The van der Waals surface area contributed by atoms with Crippen LogP contribution in [0.1, 0.15) is 77.3 Å². The molecule has 2 fully saturated rings. The van der Waals surface area contributed by atoms with Crippen molar-refractivity contribution in [2.24, 2.45) is 5.92 Å². The molecule has 15 nitrogen and oxygen atoms in total. The van der Waals surface area contributed by atoms with Gasteiger partial charge in [-0.05, 0) is 102 Å². The molecule has 1 spiro atoms. The molecule has 1 aliphatic carbocycles. The molecule has 11 rings (SSSR count). The number of ether oxygens (including phenoxy) is 3. The van der Waals surface area contributed by atoms with Crippen LogP contribution >= 0.6 is 11.3 Å². The van der Waals surface area contributed by atoms with Crippen molar-refractivity contribution in [2.75, 3.05) is 23.4 Å². The van der Waals surface area contributed by atoms with E-state index >= 15 is 19.2 Å². The number of nitrogens with zero attached hydrogens (tertiary/aromatic N) is 4. The van der Waals surface area contributed by atoms with Gasteiger partial charge in [-0.2, -0.15) is 0 Å². The number of hydrogen-bond donors (Lipinski definition) is 2. The SMILES string of the molecule is O=C1O[C@H](c2ccccc2)[C@H](c2ccccc2)N2[C@H]1[C@@H](C(=O)Nc1nc3ccccc3s1)[C@]1(C(=O)N(C(=O)OCc3ccc([N+](=O)[O-])cc3)c3ccc(C#CC4=CCCCC4)cc31)[C@H]2c1ccccc1OCCO. The minimum Gasteiger partial charge on any atom is -0.491 e. The van der Waals surface area contributed by atoms with Gasteiger partial charge in [0.25, 0.3) is 5.69 Å². The number of esters is 1. The maximum absolute atomic E-state index is 16.8. The fraction of sp³-hybridized carbons (Fsp3) is 0.224. The number of nitro groups is 1. The Kier molecular flexibility index (Phi) is 13.0. The summed E-state index contributed by atoms with van der Waals surface area (Å²) in [6.07, 6.45) is 3.78. The van der Waals surface area contributed by atoms with Crippen LogP contribution in [-0.2, 0) is 35.9 Å². The maximum atomic E-state index is 16.8. The number of aliphatic hydroxyl groups excluding tert-OH is 1. The lowest BCUT2D eigenvalue weighted by Gasteiger charge is -2.46. The highest BCUT2D eigenvalue weighted by molar-refractivity contribution is 7.22. The Morgan fingerprint density at radius 2 is 1.59 bits per heavy atom. The summed E-state index contributed by atoms with van der Waals surface area (Å²) < 4.78 is 19.7. The number of carbonyl (C=O) groups is 4. The number of carbonyl (C=O) groups excluding carboxylic acids is 4. The van der Waals surface area contributed by atoms with E-state index in [4.69, 9.17) is 19.2 Å². The third-order valence-corrected chi connectivity index (χ3v) is 15.1. The molecule has 370 valence electrons. The number of imide groups is 1. The number of anilines is 2. The summed E-state index contributed by atoms with van der Waals surface area (Å²) in [5.74, 6) is 2.82. The van der Waals surface area contributed by atoms with Crippen molar-refractivity contribution in [2.45, 2.75) is 61.9 Å². The highest BCUT2D eigenvalue weighted by atomic mass is 32.1. The molecule has 3 amide bonds. The van der Waals surface area contributed by atoms with E-state index in [2.05, 4.69) is 23.2 Å². The standard InChI is InChI=1S/C58H47N5O10S/c64-32-33-71-46-22-12-10-20-42(46)52-58(43-34-37(25-24-36-14-4-1-5-15-36)28-31-45(43)61(55(58)67)57(68)72-35-38-26-29-41(30-27-38)63(69)70)48(53(65)60-56-59-44-21-11-13-23-47(44)74-56)50-54(66)73-51(40-18-8-3-9-19-40)49(62(50)52)39-16-6-2-7-17-39/h2-3,6-14,16-23,26-31,34,48-52,64H,1,4-5,15,32-33,35H2,(H,59,60,65)/t48-,49-,50-,51+,52+,58-/m0/s1. The number of para-hydroxylation sites is 2. The van der Waals surface area contributed by atoms with Gasteiger partial charge in [0.1, 0.15) is 36.5 Å². The molecule has 1 aromatic heterocycles. The number of cyclic esters (lactones) is 1. The molecule has 2 saturated heterocycles. The summed E-state index contributed by atoms with van der Waals surface area (Å²) in [5, 5.41) is 24.9. The number of nitro benzene ring substituents is 1. The number of non-ortho nitro benzene ring substituents is 1. The third-order valence-electron chi connectivity index (χ3n) is 14.2. The van der Waals surface area contributed by atoms with Crippen LogP contribution in [0.5, 0.6) is 5.75 Å². The lowest BCUT2D eigenvalue weighted by atomic mass is 9.65. The fourth-order valence-electron chi connectivity index (χ4n) is 11.1. The fourth-order valence-corrected chi connectivity index (χ4v) is 11.9. The van der Waals surface area contributed by atoms with E-state index in [0.29, 0.717) is 33.3 Å². The largest absolute Gasteiger partial charge is 0.491 e. The van der Waals surface area contributed by atoms with Crippen molar-refractivity contribution in [3.05, 3.63) is 207 Å². The number of benzene rings is 6. The van der Waals surface area contributed by atoms with E-state index in [0.717, 1.165) is 40.9 Å². The van der Waals surface area contributed by atoms with Gasteiger partial charge in [0, 0.05) is 23.3 Å². The Morgan fingerprint density at radius 1 is 0.865 bits per heavy atom. The lowest BCUT2D eigenvalue weighted by molar-refractivity contribution is -0.384. The number of rotatable bonds is 11. The van der Waals surface area contributed by atoms with Crippen molar-refractivity contribution in [1.29, 1.82) is 0 Å². The van der Waals surface area contributed by atoms with Crippen LogP contribution in [0.2, 0.25) is 0 Å². The Morgan fingerprint density at radius 3 is 2.32 bits per heavy atom. The van der Waals surface area contributed by atoms with Crippen molar-refractivity contribution in [3.63, 3.8) is 0 Å². The number of nitrogens with one attached hydrogen (secondary N) is 1. The molecule has 7 aromatic rings. The Labute approximate surface area is 429 Å². The molecule has 4 aliphatic rings. The first-order chi connectivity index (χ1) is 36.1. The van der Waals surface area contributed by atoms with E-state index < -0.39 is 64.4 Å². The Hall–Kier alpha value is -8.49. The second-order valence-corrected chi connectivity index (χ2v) is 19.5. The van der Waals surface area contributed by atoms with Gasteiger partial charge in [0.05, 0.1) is 45.4 Å². The molecule has 6 aromatic carbocycles. The van der Waals surface area contributed by atoms with Gasteiger partial charge in [0.2, 0.25) is 11.8 Å². The van der Waals surface area contributed by atoms with Gasteiger partial charge in [-0.25, -0.2) is 14.7 Å². The van der Waals surface area contributed by atoms with Gasteiger partial charge in [0.15, 0.2) is 5.13 Å². The number of fused-ring (bicyclic) bond motifs is 4. The average Bonchev–Trinajstić information content (AvgIpc) is 4.08. The highest BCUT2D eigenvalue weighted by Gasteiger charge is 2.76. The van der Waals surface area contributed by atoms with Crippen LogP contribution in [0.15, 0.2) is 163 Å². The molecule has 3 aliphatic heterocycles. The van der Waals surface area contributed by atoms with Crippen molar-refractivity contribution < 1.29 is 43.4 Å². The number of allylic oxidation sites excluding steroid dienone is 2. The van der Waals surface area contributed by atoms with Gasteiger partial charge < -0.3 is 24.6 Å². The molecular weight excluding hydrogens is 959 g/mol. The minimum absolute atomic E-state index is 0.0896. The predicted molar refractivity (Wildman–Crippen MR) is 276 cm³/mol. The number of thiazole rings is 1. The van der Waals surface area contributed by atoms with Crippen molar-refractivity contribution in [1.82, 2.24) is 9.88 Å². The van der Waals surface area contributed by atoms with Gasteiger partial charge in [-0.15, -0.1) is 0 Å². The quantitative estimate of drug-likeness (QED) is 0.0541. The number of aliphatic hydroxyl groups is 1. The average molecular weight is 1010 g/mol. The lowest BCUT2D eigenvalue weighted by Crippen LogP contribution is -2.54. The molecule has 2 N–H and O–H groups in total. The summed E-state index contributed by atoms with van der Waals surface area (Å²) >= 11 is 1.22. The van der Waals surface area contributed by atoms with E-state index in [1.54, 1.807) is 42.5 Å². The molecule has 0 saturated carbocycles. The second-order valence-electron chi connectivity index (χ2n) is 18.4.